The van der Waals surface area contributed by atoms with E-state index >= 15 is 0 Å². The number of carbonyl (C=O) groups is 1. The molecule has 0 unspecified atom stereocenters. The normalized spacial score (nSPS) is 12.0. The number of hydrogen-bond donors (Lipinski definition) is 0. The van der Waals surface area contributed by atoms with Crippen LogP contribution in [0.25, 0.3) is 0 Å². The fourth-order valence-electron chi connectivity index (χ4n) is 1.71. The van der Waals surface area contributed by atoms with E-state index in [1.165, 1.54) is 4.68 Å². The first-order valence-electron chi connectivity index (χ1n) is 6.54. The molecule has 120 valence electrons. The minimum atomic E-state index is -4.28. The van der Waals surface area contributed by atoms with Crippen molar-refractivity contribution in [1.29, 1.82) is 0 Å². The Balaban J connectivity index is 2.85. The van der Waals surface area contributed by atoms with Crippen molar-refractivity contribution in [1.82, 2.24) is 15.0 Å². The quantitative estimate of drug-likeness (QED) is 0.722. The molecule has 0 atom stereocenters. The van der Waals surface area contributed by atoms with Crippen molar-refractivity contribution in [3.63, 3.8) is 0 Å². The number of alkyl halides is 3. The highest BCUT2D eigenvalue weighted by molar-refractivity contribution is 8.00. The van der Waals surface area contributed by atoms with Crippen LogP contribution in [0.5, 0.6) is 0 Å². The second-order valence-corrected chi connectivity index (χ2v) is 5.88. The summed E-state index contributed by atoms with van der Waals surface area (Å²) in [5.74, 6) is -0.561. The van der Waals surface area contributed by atoms with Crippen LogP contribution in [0.2, 0.25) is 0 Å². The Morgan fingerprint density at radius 3 is 2.62 bits per heavy atom. The molecule has 0 saturated heterocycles. The molecular formula is C12H18F3N3O2S. The summed E-state index contributed by atoms with van der Waals surface area (Å²) in [6, 6.07) is 0. The van der Waals surface area contributed by atoms with Crippen molar-refractivity contribution in [2.75, 3.05) is 12.4 Å². The summed E-state index contributed by atoms with van der Waals surface area (Å²) in [5.41, 5.74) is -3.67. The minimum absolute atomic E-state index is 0.0403. The third kappa shape index (κ3) is 5.94. The van der Waals surface area contributed by atoms with Crippen LogP contribution in [0.15, 0.2) is 0 Å². The first-order chi connectivity index (χ1) is 9.74. The zero-order chi connectivity index (χ0) is 16.0. The lowest BCUT2D eigenvalue weighted by molar-refractivity contribution is -0.0328. The van der Waals surface area contributed by atoms with Gasteiger partial charge in [0.25, 0.3) is 0 Å². The third-order valence-corrected chi connectivity index (χ3v) is 3.19. The first kappa shape index (κ1) is 17.8. The molecule has 0 aromatic carbocycles. The van der Waals surface area contributed by atoms with Crippen molar-refractivity contribution in [2.45, 2.75) is 39.2 Å². The third-order valence-electron chi connectivity index (χ3n) is 2.48. The molecule has 0 N–H and O–H groups in total. The second-order valence-electron chi connectivity index (χ2n) is 4.72. The molecule has 1 aromatic heterocycles. The maximum atomic E-state index is 12.1. The SMILES string of the molecule is CCOC(=O)c1nnn(CCSC(F)(F)F)c1CC(C)C. The molecule has 0 aliphatic heterocycles. The molecule has 0 fully saturated rings. The lowest BCUT2D eigenvalue weighted by Gasteiger charge is -2.10. The Morgan fingerprint density at radius 2 is 2.10 bits per heavy atom. The van der Waals surface area contributed by atoms with Crippen LogP contribution in [-0.4, -0.2) is 38.8 Å². The molecule has 0 aliphatic rings. The number of ether oxygens (including phenoxy) is 1. The molecule has 1 heterocycles. The number of hydrogen-bond acceptors (Lipinski definition) is 5. The molecule has 9 heteroatoms. The standard InChI is InChI=1S/C12H18F3N3O2S/c1-4-20-11(19)10-9(7-8(2)3)18(17-16-10)5-6-21-12(13,14)15/h8H,4-7H2,1-3H3. The van der Waals surface area contributed by atoms with E-state index in [4.69, 9.17) is 4.74 Å². The summed E-state index contributed by atoms with van der Waals surface area (Å²) in [5, 5.41) is 7.53. The van der Waals surface area contributed by atoms with Crippen LogP contribution in [0.1, 0.15) is 37.0 Å². The lowest BCUT2D eigenvalue weighted by Crippen LogP contribution is -2.15. The van der Waals surface area contributed by atoms with Gasteiger partial charge in [-0.3, -0.25) is 0 Å². The van der Waals surface area contributed by atoms with Crippen LogP contribution in [-0.2, 0) is 17.7 Å². The van der Waals surface area contributed by atoms with E-state index in [-0.39, 0.29) is 42.3 Å². The fourth-order valence-corrected chi connectivity index (χ4v) is 2.20. The molecule has 1 rings (SSSR count). The van der Waals surface area contributed by atoms with Gasteiger partial charge in [0.05, 0.1) is 18.8 Å². The molecule has 21 heavy (non-hydrogen) atoms. The van der Waals surface area contributed by atoms with Gasteiger partial charge >= 0.3 is 11.5 Å². The van der Waals surface area contributed by atoms with E-state index in [2.05, 4.69) is 10.3 Å². The molecule has 5 nitrogen and oxygen atoms in total. The van der Waals surface area contributed by atoms with Gasteiger partial charge in [0, 0.05) is 5.75 Å². The summed E-state index contributed by atoms with van der Waals surface area (Å²) in [4.78, 5) is 11.8. The van der Waals surface area contributed by atoms with E-state index in [1.807, 2.05) is 13.8 Å². The fraction of sp³-hybridized carbons (Fsp3) is 0.750. The van der Waals surface area contributed by atoms with Gasteiger partial charge in [0.15, 0.2) is 5.69 Å². The van der Waals surface area contributed by atoms with Gasteiger partial charge in [-0.05, 0) is 31.0 Å². The molecule has 0 aliphatic carbocycles. The molecular weight excluding hydrogens is 307 g/mol. The number of thioether (sulfide) groups is 1. The predicted molar refractivity (Wildman–Crippen MR) is 73.0 cm³/mol. The van der Waals surface area contributed by atoms with Gasteiger partial charge in [-0.2, -0.15) is 13.2 Å². The van der Waals surface area contributed by atoms with Crippen molar-refractivity contribution >= 4 is 17.7 Å². The molecule has 0 radical (unpaired) electrons. The summed E-state index contributed by atoms with van der Waals surface area (Å²) >= 11 is -0.121. The largest absolute Gasteiger partial charge is 0.461 e. The number of rotatable bonds is 7. The van der Waals surface area contributed by atoms with E-state index in [9.17, 15) is 18.0 Å². The topological polar surface area (TPSA) is 57.0 Å². The van der Waals surface area contributed by atoms with Crippen molar-refractivity contribution in [3.05, 3.63) is 11.4 Å². The Labute approximate surface area is 125 Å². The number of nitrogens with zero attached hydrogens (tertiary/aromatic N) is 3. The van der Waals surface area contributed by atoms with Gasteiger partial charge in [0.2, 0.25) is 0 Å². The van der Waals surface area contributed by atoms with E-state index in [1.54, 1.807) is 6.92 Å². The average molecular weight is 325 g/mol. The summed E-state index contributed by atoms with van der Waals surface area (Å²) < 4.78 is 42.7. The zero-order valence-corrected chi connectivity index (χ0v) is 12.9. The van der Waals surface area contributed by atoms with Crippen LogP contribution < -0.4 is 0 Å². The number of halogens is 3. The van der Waals surface area contributed by atoms with Gasteiger partial charge in [-0.25, -0.2) is 9.48 Å². The summed E-state index contributed by atoms with van der Waals surface area (Å²) in [6.45, 7) is 5.80. The van der Waals surface area contributed by atoms with E-state index in [0.29, 0.717) is 12.1 Å². The Kier molecular flexibility index (Phi) is 6.50. The maximum Gasteiger partial charge on any atom is 0.441 e. The zero-order valence-electron chi connectivity index (χ0n) is 12.1. The van der Waals surface area contributed by atoms with Crippen LogP contribution in [0, 0.1) is 5.92 Å². The Bertz CT molecular complexity index is 475. The van der Waals surface area contributed by atoms with Gasteiger partial charge in [-0.15, -0.1) is 5.10 Å². The highest BCUT2D eigenvalue weighted by Crippen LogP contribution is 2.30. The van der Waals surface area contributed by atoms with Crippen LogP contribution in [0.3, 0.4) is 0 Å². The number of aryl methyl sites for hydroxylation is 1. The van der Waals surface area contributed by atoms with Crippen LogP contribution >= 0.6 is 11.8 Å². The summed E-state index contributed by atoms with van der Waals surface area (Å²) in [6.07, 6.45) is 0.498. The first-order valence-corrected chi connectivity index (χ1v) is 7.53. The van der Waals surface area contributed by atoms with Crippen molar-refractivity contribution in [2.24, 2.45) is 5.92 Å². The minimum Gasteiger partial charge on any atom is -0.461 e. The summed E-state index contributed by atoms with van der Waals surface area (Å²) in [7, 11) is 0. The average Bonchev–Trinajstić information content (AvgIpc) is 2.70. The Hall–Kier alpha value is -1.25. The van der Waals surface area contributed by atoms with Crippen molar-refractivity contribution < 1.29 is 22.7 Å². The Morgan fingerprint density at radius 1 is 1.43 bits per heavy atom. The van der Waals surface area contributed by atoms with Gasteiger partial charge < -0.3 is 4.74 Å². The van der Waals surface area contributed by atoms with Gasteiger partial charge in [-0.1, -0.05) is 19.1 Å². The molecule has 0 amide bonds. The molecule has 1 aromatic rings. The van der Waals surface area contributed by atoms with Gasteiger partial charge in [0.1, 0.15) is 0 Å². The number of carbonyl (C=O) groups excluding carboxylic acids is 1. The molecule has 0 spiro atoms. The highest BCUT2D eigenvalue weighted by Gasteiger charge is 2.28. The van der Waals surface area contributed by atoms with Crippen molar-refractivity contribution in [3.8, 4) is 0 Å². The smallest absolute Gasteiger partial charge is 0.441 e. The lowest BCUT2D eigenvalue weighted by atomic mass is 10.1. The van der Waals surface area contributed by atoms with E-state index < -0.39 is 11.5 Å². The monoisotopic (exact) mass is 325 g/mol. The highest BCUT2D eigenvalue weighted by atomic mass is 32.2. The van der Waals surface area contributed by atoms with Crippen LogP contribution in [0.4, 0.5) is 13.2 Å². The predicted octanol–water partition coefficient (Wildman–Crippen LogP) is 2.91. The molecule has 0 saturated carbocycles. The number of esters is 1. The second kappa shape index (κ2) is 7.67. The maximum absolute atomic E-state index is 12.1. The molecule has 0 bridgehead atoms. The number of aromatic nitrogens is 3. The van der Waals surface area contributed by atoms with E-state index in [0.717, 1.165) is 0 Å².